The van der Waals surface area contributed by atoms with E-state index < -0.39 is 0 Å². The van der Waals surface area contributed by atoms with Crippen LogP contribution < -0.4 is 4.74 Å². The van der Waals surface area contributed by atoms with Crippen LogP contribution in [0.4, 0.5) is 0 Å². The van der Waals surface area contributed by atoms with Crippen molar-refractivity contribution in [2.75, 3.05) is 19.0 Å². The Bertz CT molecular complexity index is 598. The number of unbranched alkanes of at least 4 members (excludes halogenated alkanes) is 1. The topological polar surface area (TPSA) is 64.2 Å². The average molecular weight is 308 g/mol. The molecule has 0 bridgehead atoms. The van der Waals surface area contributed by atoms with Gasteiger partial charge in [0.05, 0.1) is 30.0 Å². The monoisotopic (exact) mass is 308 g/mol. The van der Waals surface area contributed by atoms with Crippen molar-refractivity contribution in [1.82, 2.24) is 9.97 Å². The molecule has 0 amide bonds. The van der Waals surface area contributed by atoms with Gasteiger partial charge in [-0.2, -0.15) is 0 Å². The number of fused-ring (bicyclic) bond motifs is 1. The summed E-state index contributed by atoms with van der Waals surface area (Å²) in [6, 6.07) is 5.70. The van der Waals surface area contributed by atoms with E-state index in [1.165, 1.54) is 11.8 Å². The first-order chi connectivity index (χ1) is 10.2. The summed E-state index contributed by atoms with van der Waals surface area (Å²) in [4.78, 5) is 19.1. The van der Waals surface area contributed by atoms with Crippen LogP contribution >= 0.6 is 11.8 Å². The molecule has 0 radical (unpaired) electrons. The van der Waals surface area contributed by atoms with Crippen molar-refractivity contribution in [2.45, 2.75) is 31.8 Å². The maximum Gasteiger partial charge on any atom is 0.316 e. The first-order valence-corrected chi connectivity index (χ1v) is 8.12. The van der Waals surface area contributed by atoms with Gasteiger partial charge in [-0.3, -0.25) is 4.79 Å². The van der Waals surface area contributed by atoms with Gasteiger partial charge < -0.3 is 14.5 Å². The van der Waals surface area contributed by atoms with Crippen molar-refractivity contribution in [3.63, 3.8) is 0 Å². The van der Waals surface area contributed by atoms with Crippen molar-refractivity contribution in [3.8, 4) is 5.75 Å². The summed E-state index contributed by atoms with van der Waals surface area (Å²) < 4.78 is 10.6. The molecule has 0 fully saturated rings. The summed E-state index contributed by atoms with van der Waals surface area (Å²) in [5, 5.41) is 0.714. The molecule has 1 aromatic carbocycles. The maximum atomic E-state index is 11.5. The van der Waals surface area contributed by atoms with Gasteiger partial charge in [-0.05, 0) is 25.5 Å². The first-order valence-electron chi connectivity index (χ1n) is 7.14. The summed E-state index contributed by atoms with van der Waals surface area (Å²) in [5.74, 6) is 0.870. The number of imidazole rings is 1. The Morgan fingerprint density at radius 1 is 1.38 bits per heavy atom. The summed E-state index contributed by atoms with van der Waals surface area (Å²) in [6.45, 7) is 5.13. The highest BCUT2D eigenvalue weighted by molar-refractivity contribution is 7.99. The van der Waals surface area contributed by atoms with E-state index in [0.717, 1.165) is 29.6 Å². The van der Waals surface area contributed by atoms with Crippen molar-refractivity contribution in [1.29, 1.82) is 0 Å². The number of nitrogens with zero attached hydrogens (tertiary/aromatic N) is 1. The molecule has 2 aromatic rings. The minimum atomic E-state index is -0.205. The van der Waals surface area contributed by atoms with Crippen LogP contribution in [-0.2, 0) is 9.53 Å². The Morgan fingerprint density at radius 2 is 2.24 bits per heavy atom. The predicted octanol–water partition coefficient (Wildman–Crippen LogP) is 3.40. The van der Waals surface area contributed by atoms with E-state index >= 15 is 0 Å². The van der Waals surface area contributed by atoms with E-state index in [2.05, 4.69) is 16.9 Å². The second-order valence-electron chi connectivity index (χ2n) is 4.52. The molecule has 21 heavy (non-hydrogen) atoms. The zero-order chi connectivity index (χ0) is 15.1. The summed E-state index contributed by atoms with van der Waals surface area (Å²) in [7, 11) is 0. The molecular weight excluding hydrogens is 288 g/mol. The third-order valence-electron chi connectivity index (χ3n) is 2.83. The molecular formula is C15H20N2O3S. The Hall–Kier alpha value is -1.69. The molecule has 0 aliphatic heterocycles. The molecule has 1 N–H and O–H groups in total. The third-order valence-corrected chi connectivity index (χ3v) is 3.68. The number of hydrogen-bond donors (Lipinski definition) is 1. The van der Waals surface area contributed by atoms with E-state index in [-0.39, 0.29) is 11.7 Å². The maximum absolute atomic E-state index is 11.5. The third kappa shape index (κ3) is 4.67. The van der Waals surface area contributed by atoms with E-state index in [1.54, 1.807) is 0 Å². The van der Waals surface area contributed by atoms with Crippen LogP contribution in [0.2, 0.25) is 0 Å². The zero-order valence-corrected chi connectivity index (χ0v) is 13.2. The van der Waals surface area contributed by atoms with Crippen molar-refractivity contribution in [3.05, 3.63) is 18.2 Å². The lowest BCUT2D eigenvalue weighted by atomic mass is 10.3. The highest BCUT2D eigenvalue weighted by atomic mass is 32.2. The predicted molar refractivity (Wildman–Crippen MR) is 83.9 cm³/mol. The number of aromatic amines is 1. The lowest BCUT2D eigenvalue weighted by Gasteiger charge is -2.01. The zero-order valence-electron chi connectivity index (χ0n) is 12.3. The SMILES string of the molecule is CCCCOC(=O)CSc1nc2ccc(OCC)cc2[nH]1. The Morgan fingerprint density at radius 3 is 3.00 bits per heavy atom. The summed E-state index contributed by atoms with van der Waals surface area (Å²) in [5.41, 5.74) is 1.77. The van der Waals surface area contributed by atoms with Gasteiger partial charge in [0.25, 0.3) is 0 Å². The molecule has 0 saturated carbocycles. The van der Waals surface area contributed by atoms with Gasteiger partial charge in [0.1, 0.15) is 5.75 Å². The molecule has 0 aliphatic rings. The molecule has 114 valence electrons. The smallest absolute Gasteiger partial charge is 0.316 e. The van der Waals surface area contributed by atoms with E-state index in [1.807, 2.05) is 25.1 Å². The van der Waals surface area contributed by atoms with Crippen molar-refractivity contribution >= 4 is 28.8 Å². The fourth-order valence-electron chi connectivity index (χ4n) is 1.79. The number of hydrogen-bond acceptors (Lipinski definition) is 5. The quantitative estimate of drug-likeness (QED) is 0.460. The van der Waals surface area contributed by atoms with Gasteiger partial charge in [-0.15, -0.1) is 0 Å². The number of carbonyl (C=O) groups excluding carboxylic acids is 1. The van der Waals surface area contributed by atoms with Crippen molar-refractivity contribution in [2.24, 2.45) is 0 Å². The lowest BCUT2D eigenvalue weighted by molar-refractivity contribution is -0.140. The number of carbonyl (C=O) groups is 1. The van der Waals surface area contributed by atoms with E-state index in [9.17, 15) is 4.79 Å². The van der Waals surface area contributed by atoms with E-state index in [4.69, 9.17) is 9.47 Å². The Balaban J connectivity index is 1.91. The summed E-state index contributed by atoms with van der Waals surface area (Å²) in [6.07, 6.45) is 1.92. The molecule has 0 unspecified atom stereocenters. The number of rotatable bonds is 8. The second kappa shape index (κ2) is 7.93. The van der Waals surface area contributed by atoms with Crippen molar-refractivity contribution < 1.29 is 14.3 Å². The number of H-pyrrole nitrogens is 1. The van der Waals surface area contributed by atoms with Gasteiger partial charge in [-0.25, -0.2) is 4.98 Å². The van der Waals surface area contributed by atoms with Gasteiger partial charge in [0.2, 0.25) is 0 Å². The molecule has 1 aromatic heterocycles. The van der Waals surface area contributed by atoms with Gasteiger partial charge in [-0.1, -0.05) is 25.1 Å². The molecule has 0 atom stereocenters. The van der Waals surface area contributed by atoms with Crippen LogP contribution in [0.3, 0.4) is 0 Å². The number of esters is 1. The average Bonchev–Trinajstić information content (AvgIpc) is 2.88. The van der Waals surface area contributed by atoms with E-state index in [0.29, 0.717) is 18.4 Å². The molecule has 2 rings (SSSR count). The van der Waals surface area contributed by atoms with Crippen LogP contribution in [0.25, 0.3) is 11.0 Å². The molecule has 0 aliphatic carbocycles. The summed E-state index contributed by atoms with van der Waals surface area (Å²) >= 11 is 1.35. The highest BCUT2D eigenvalue weighted by Gasteiger charge is 2.08. The number of ether oxygens (including phenoxy) is 2. The molecule has 0 saturated heterocycles. The number of nitrogens with one attached hydrogen (secondary N) is 1. The van der Waals surface area contributed by atoms with Crippen LogP contribution in [0.15, 0.2) is 23.4 Å². The van der Waals surface area contributed by atoms with Crippen LogP contribution in [0.1, 0.15) is 26.7 Å². The lowest BCUT2D eigenvalue weighted by Crippen LogP contribution is -2.08. The fraction of sp³-hybridized carbons (Fsp3) is 0.467. The van der Waals surface area contributed by atoms with Gasteiger partial charge in [0.15, 0.2) is 5.16 Å². The first kappa shape index (κ1) is 15.7. The van der Waals surface area contributed by atoms with Crippen LogP contribution in [0.5, 0.6) is 5.75 Å². The van der Waals surface area contributed by atoms with Gasteiger partial charge in [0, 0.05) is 6.07 Å². The molecule has 0 spiro atoms. The minimum absolute atomic E-state index is 0.205. The Kier molecular flexibility index (Phi) is 5.92. The largest absolute Gasteiger partial charge is 0.494 e. The minimum Gasteiger partial charge on any atom is -0.494 e. The number of benzene rings is 1. The number of thioether (sulfide) groups is 1. The molecule has 1 heterocycles. The number of aromatic nitrogens is 2. The van der Waals surface area contributed by atoms with Crippen LogP contribution in [-0.4, -0.2) is 34.9 Å². The normalized spacial score (nSPS) is 10.8. The molecule has 6 heteroatoms. The highest BCUT2D eigenvalue weighted by Crippen LogP contribution is 2.23. The van der Waals surface area contributed by atoms with Crippen LogP contribution in [0, 0.1) is 0 Å². The molecule has 5 nitrogen and oxygen atoms in total. The standard InChI is InChI=1S/C15H20N2O3S/c1-3-5-8-20-14(18)10-21-15-16-12-7-6-11(19-4-2)9-13(12)17-15/h6-7,9H,3-5,8,10H2,1-2H3,(H,16,17). The fourth-order valence-corrected chi connectivity index (χ4v) is 2.47. The second-order valence-corrected chi connectivity index (χ2v) is 5.48. The Labute approximate surface area is 128 Å². The van der Waals surface area contributed by atoms with Gasteiger partial charge >= 0.3 is 5.97 Å².